The van der Waals surface area contributed by atoms with Crippen LogP contribution < -0.4 is 15.8 Å². The SMILES string of the molecule is CCC(C=S(C)(N)=O)NC(=O)c1cc(Cl)cc(C)c1NC(=O)c1cc(C(F)(F)F)nn1-c1ncccc1Cl. The summed E-state index contributed by atoms with van der Waals surface area (Å²) in [6.45, 7) is 3.29. The molecule has 15 heteroatoms. The number of amides is 2. The maximum absolute atomic E-state index is 13.5. The predicted octanol–water partition coefficient (Wildman–Crippen LogP) is 4.25. The molecule has 2 amide bonds. The van der Waals surface area contributed by atoms with Crippen LogP contribution in [-0.2, 0) is 15.9 Å². The molecule has 38 heavy (non-hydrogen) atoms. The highest BCUT2D eigenvalue weighted by molar-refractivity contribution is 7.98. The van der Waals surface area contributed by atoms with Crippen molar-refractivity contribution in [2.45, 2.75) is 32.5 Å². The number of hydrogen-bond acceptors (Lipinski definition) is 5. The maximum atomic E-state index is 13.5. The molecule has 3 rings (SSSR count). The van der Waals surface area contributed by atoms with Gasteiger partial charge in [0.15, 0.2) is 11.5 Å². The van der Waals surface area contributed by atoms with Gasteiger partial charge in [0.2, 0.25) is 0 Å². The molecule has 2 atom stereocenters. The van der Waals surface area contributed by atoms with E-state index in [1.807, 2.05) is 0 Å². The summed E-state index contributed by atoms with van der Waals surface area (Å²) in [6.07, 6.45) is -1.92. The van der Waals surface area contributed by atoms with Crippen LogP contribution in [-0.4, -0.2) is 48.5 Å². The van der Waals surface area contributed by atoms with Crippen LogP contribution in [0.1, 0.15) is 45.4 Å². The lowest BCUT2D eigenvalue weighted by Gasteiger charge is -2.18. The van der Waals surface area contributed by atoms with Crippen molar-refractivity contribution in [3.63, 3.8) is 0 Å². The zero-order valence-electron chi connectivity index (χ0n) is 20.3. The first kappa shape index (κ1) is 29.4. The van der Waals surface area contributed by atoms with Crippen molar-refractivity contribution in [3.8, 4) is 5.82 Å². The van der Waals surface area contributed by atoms with Crippen LogP contribution in [0.5, 0.6) is 0 Å². The molecule has 0 aliphatic carbocycles. The highest BCUT2D eigenvalue weighted by Crippen LogP contribution is 2.32. The number of rotatable bonds is 7. The fraction of sp³-hybridized carbons (Fsp3) is 0.261. The molecule has 0 aliphatic heterocycles. The Morgan fingerprint density at radius 1 is 1.24 bits per heavy atom. The Kier molecular flexibility index (Phi) is 8.76. The summed E-state index contributed by atoms with van der Waals surface area (Å²) < 4.78 is 53.1. The number of anilines is 1. The van der Waals surface area contributed by atoms with Gasteiger partial charge in [-0.15, -0.1) is 0 Å². The fourth-order valence-corrected chi connectivity index (χ4v) is 4.83. The number of nitrogens with one attached hydrogen (secondary N) is 2. The van der Waals surface area contributed by atoms with Crippen LogP contribution in [0, 0.1) is 6.92 Å². The summed E-state index contributed by atoms with van der Waals surface area (Å²) in [5.74, 6) is -1.91. The van der Waals surface area contributed by atoms with Crippen LogP contribution in [0.25, 0.3) is 5.82 Å². The molecule has 0 bridgehead atoms. The fourth-order valence-electron chi connectivity index (χ4n) is 3.45. The van der Waals surface area contributed by atoms with Gasteiger partial charge in [0.05, 0.1) is 22.3 Å². The molecule has 2 heterocycles. The molecule has 0 spiro atoms. The molecule has 204 valence electrons. The first-order chi connectivity index (χ1) is 17.6. The van der Waals surface area contributed by atoms with Gasteiger partial charge in [-0.05, 0) is 43.2 Å². The van der Waals surface area contributed by atoms with E-state index in [9.17, 15) is 27.0 Å². The highest BCUT2D eigenvalue weighted by atomic mass is 35.5. The summed E-state index contributed by atoms with van der Waals surface area (Å²) >= 11 is 12.2. The minimum atomic E-state index is -4.87. The molecule has 0 saturated carbocycles. The van der Waals surface area contributed by atoms with Crippen LogP contribution in [0.4, 0.5) is 18.9 Å². The number of pyridine rings is 1. The van der Waals surface area contributed by atoms with E-state index in [1.54, 1.807) is 13.8 Å². The summed E-state index contributed by atoms with van der Waals surface area (Å²) in [6, 6.07) is 5.46. The maximum Gasteiger partial charge on any atom is 0.435 e. The summed E-state index contributed by atoms with van der Waals surface area (Å²) in [5, 5.41) is 15.6. The molecule has 0 saturated heterocycles. The zero-order chi connectivity index (χ0) is 28.4. The second-order valence-corrected chi connectivity index (χ2v) is 11.4. The first-order valence-corrected chi connectivity index (χ1v) is 13.8. The number of alkyl halides is 3. The second kappa shape index (κ2) is 11.3. The smallest absolute Gasteiger partial charge is 0.345 e. The molecule has 2 unspecified atom stereocenters. The summed E-state index contributed by atoms with van der Waals surface area (Å²) in [4.78, 5) is 30.4. The zero-order valence-corrected chi connectivity index (χ0v) is 22.6. The van der Waals surface area contributed by atoms with E-state index in [2.05, 4.69) is 20.7 Å². The Hall–Kier alpha value is -3.13. The Morgan fingerprint density at radius 3 is 2.50 bits per heavy atom. The number of nitrogens with zero attached hydrogens (tertiary/aromatic N) is 3. The minimum absolute atomic E-state index is 0.00911. The van der Waals surface area contributed by atoms with Crippen LogP contribution in [0.2, 0.25) is 10.0 Å². The van der Waals surface area contributed by atoms with Crippen molar-refractivity contribution in [2.24, 2.45) is 5.14 Å². The number of carbonyl (C=O) groups excluding carboxylic acids is 2. The molecule has 1 aromatic carbocycles. The largest absolute Gasteiger partial charge is 0.435 e. The number of nitrogens with two attached hydrogens (primary N) is 1. The lowest BCUT2D eigenvalue weighted by Crippen LogP contribution is -2.38. The van der Waals surface area contributed by atoms with E-state index in [4.69, 9.17) is 28.3 Å². The van der Waals surface area contributed by atoms with Crippen molar-refractivity contribution < 1.29 is 27.0 Å². The van der Waals surface area contributed by atoms with Crippen molar-refractivity contribution in [3.05, 3.63) is 69.1 Å². The predicted molar refractivity (Wildman–Crippen MR) is 141 cm³/mol. The van der Waals surface area contributed by atoms with E-state index < -0.39 is 45.1 Å². The lowest BCUT2D eigenvalue weighted by molar-refractivity contribution is -0.141. The quantitative estimate of drug-likeness (QED) is 0.354. The van der Waals surface area contributed by atoms with Gasteiger partial charge in [-0.1, -0.05) is 30.1 Å². The third-order valence-corrected chi connectivity index (χ3v) is 6.53. The topological polar surface area (TPSA) is 132 Å². The number of halogens is 5. The Morgan fingerprint density at radius 2 is 1.92 bits per heavy atom. The molecular formula is C23H23Cl2F3N6O3S. The van der Waals surface area contributed by atoms with Gasteiger partial charge < -0.3 is 10.6 Å². The third-order valence-electron chi connectivity index (χ3n) is 5.15. The number of aromatic nitrogens is 3. The molecule has 0 aliphatic rings. The normalized spacial score (nSPS) is 13.9. The summed E-state index contributed by atoms with van der Waals surface area (Å²) in [7, 11) is -2.79. The lowest BCUT2D eigenvalue weighted by atomic mass is 10.1. The van der Waals surface area contributed by atoms with Crippen molar-refractivity contribution in [2.75, 3.05) is 11.6 Å². The van der Waals surface area contributed by atoms with E-state index in [0.717, 1.165) is 0 Å². The number of hydrogen-bond donors (Lipinski definition) is 3. The van der Waals surface area contributed by atoms with Gasteiger partial charge in [0.25, 0.3) is 11.8 Å². The van der Waals surface area contributed by atoms with Gasteiger partial charge in [0.1, 0.15) is 5.69 Å². The van der Waals surface area contributed by atoms with Gasteiger partial charge in [-0.25, -0.2) is 9.67 Å². The van der Waals surface area contributed by atoms with Crippen LogP contribution in [0.3, 0.4) is 0 Å². The van der Waals surface area contributed by atoms with Crippen molar-refractivity contribution >= 4 is 55.8 Å². The van der Waals surface area contributed by atoms with E-state index >= 15 is 0 Å². The van der Waals surface area contributed by atoms with Gasteiger partial charge in [0, 0.05) is 38.6 Å². The molecule has 0 fully saturated rings. The Bertz CT molecular complexity index is 1510. The summed E-state index contributed by atoms with van der Waals surface area (Å²) in [5.41, 5.74) is -1.62. The van der Waals surface area contributed by atoms with E-state index in [0.29, 0.717) is 22.7 Å². The molecule has 2 aromatic heterocycles. The molecule has 4 N–H and O–H groups in total. The average Bonchev–Trinajstić information content (AvgIpc) is 3.25. The molecule has 3 aromatic rings. The number of carbonyl (C=O) groups is 2. The number of aryl methyl sites for hydroxylation is 1. The van der Waals surface area contributed by atoms with E-state index in [1.165, 1.54) is 42.1 Å². The monoisotopic (exact) mass is 590 g/mol. The molecular weight excluding hydrogens is 568 g/mol. The minimum Gasteiger partial charge on any atom is -0.345 e. The first-order valence-electron chi connectivity index (χ1n) is 10.9. The highest BCUT2D eigenvalue weighted by Gasteiger charge is 2.37. The van der Waals surface area contributed by atoms with Crippen LogP contribution >= 0.6 is 23.2 Å². The molecule has 0 radical (unpaired) electrons. The average molecular weight is 591 g/mol. The number of benzene rings is 1. The van der Waals surface area contributed by atoms with Crippen molar-refractivity contribution in [1.82, 2.24) is 20.1 Å². The van der Waals surface area contributed by atoms with Gasteiger partial charge in [-0.3, -0.25) is 18.9 Å². The third kappa shape index (κ3) is 7.04. The Balaban J connectivity index is 2.07. The van der Waals surface area contributed by atoms with Gasteiger partial charge >= 0.3 is 6.18 Å². The van der Waals surface area contributed by atoms with Gasteiger partial charge in [-0.2, -0.15) is 18.3 Å². The standard InChI is InChI=1S/C23H23Cl2F3N6O3S/c1-4-14(11-38(3,29)37)31-21(35)15-9-13(24)8-12(2)19(15)32-22(36)17-10-18(23(26,27)28)33-34(17)20-16(25)6-5-7-30-20/h5-11,14H,4H2,1-3H3,(H2,29,37)(H,31,35)(H,32,36). The van der Waals surface area contributed by atoms with Crippen LogP contribution in [0.15, 0.2) is 36.5 Å². The Labute approximate surface area is 226 Å². The molecule has 9 nitrogen and oxygen atoms in total. The van der Waals surface area contributed by atoms with Crippen molar-refractivity contribution in [1.29, 1.82) is 0 Å². The van der Waals surface area contributed by atoms with E-state index in [-0.39, 0.29) is 27.1 Å². The second-order valence-electron chi connectivity index (χ2n) is 8.32.